The average Bonchev–Trinajstić information content (AvgIpc) is 2.93. The van der Waals surface area contributed by atoms with Crippen LogP contribution in [0.4, 0.5) is 0 Å². The van der Waals surface area contributed by atoms with Crippen LogP contribution in [0.25, 0.3) is 0 Å². The van der Waals surface area contributed by atoms with Gasteiger partial charge in [-0.25, -0.2) is 4.79 Å². The summed E-state index contributed by atoms with van der Waals surface area (Å²) in [5, 5.41) is 4.07. The molecule has 0 fully saturated rings. The van der Waals surface area contributed by atoms with E-state index in [0.29, 0.717) is 17.6 Å². The fourth-order valence-electron chi connectivity index (χ4n) is 3.64. The van der Waals surface area contributed by atoms with Gasteiger partial charge in [0.25, 0.3) is 0 Å². The Morgan fingerprint density at radius 2 is 2.16 bits per heavy atom. The molecule has 1 atom stereocenters. The molecule has 134 valence electrons. The highest BCUT2D eigenvalue weighted by atomic mass is 32.2. The predicted molar refractivity (Wildman–Crippen MR) is 96.3 cm³/mol. The summed E-state index contributed by atoms with van der Waals surface area (Å²) in [4.78, 5) is 25.2. The van der Waals surface area contributed by atoms with E-state index < -0.39 is 11.9 Å². The van der Waals surface area contributed by atoms with Gasteiger partial charge in [-0.05, 0) is 38.5 Å². The molecule has 0 unspecified atom stereocenters. The zero-order valence-corrected chi connectivity index (χ0v) is 15.8. The Labute approximate surface area is 151 Å². The van der Waals surface area contributed by atoms with Gasteiger partial charge in [-0.1, -0.05) is 18.7 Å². The van der Waals surface area contributed by atoms with E-state index in [1.165, 1.54) is 7.11 Å². The quantitative estimate of drug-likeness (QED) is 0.649. The molecule has 3 rings (SSSR count). The van der Waals surface area contributed by atoms with Gasteiger partial charge in [0.1, 0.15) is 5.76 Å². The molecule has 0 saturated heterocycles. The first kappa shape index (κ1) is 17.9. The number of ether oxygens (including phenoxy) is 1. The first-order valence-electron chi connectivity index (χ1n) is 8.53. The zero-order valence-electron chi connectivity index (χ0n) is 15.0. The summed E-state index contributed by atoms with van der Waals surface area (Å²) in [6.45, 7) is 5.80. The van der Waals surface area contributed by atoms with Crippen molar-refractivity contribution in [1.82, 2.24) is 5.32 Å². The first-order valence-corrected chi connectivity index (χ1v) is 9.51. The summed E-state index contributed by atoms with van der Waals surface area (Å²) in [7, 11) is 1.37. The molecule has 1 aliphatic heterocycles. The van der Waals surface area contributed by atoms with Crippen molar-refractivity contribution in [3.05, 3.63) is 39.9 Å². The molecular formula is C19H23NO4S. The highest BCUT2D eigenvalue weighted by Crippen LogP contribution is 2.44. The third-order valence-corrected chi connectivity index (χ3v) is 5.49. The van der Waals surface area contributed by atoms with Crippen LogP contribution in [0.5, 0.6) is 0 Å². The molecule has 6 heteroatoms. The smallest absolute Gasteiger partial charge is 0.336 e. The molecule has 0 aromatic carbocycles. The maximum atomic E-state index is 12.7. The van der Waals surface area contributed by atoms with Crippen LogP contribution in [0.3, 0.4) is 0 Å². The minimum atomic E-state index is -0.425. The summed E-state index contributed by atoms with van der Waals surface area (Å²) in [5.74, 6) is 0.890. The number of furan rings is 1. The van der Waals surface area contributed by atoms with Crippen molar-refractivity contribution in [2.75, 3.05) is 12.9 Å². The van der Waals surface area contributed by atoms with Crippen molar-refractivity contribution in [2.24, 2.45) is 0 Å². The Balaban J connectivity index is 2.18. The van der Waals surface area contributed by atoms with Gasteiger partial charge in [-0.15, -0.1) is 0 Å². The lowest BCUT2D eigenvalue weighted by Crippen LogP contribution is -2.34. The largest absolute Gasteiger partial charge is 0.466 e. The summed E-state index contributed by atoms with van der Waals surface area (Å²) >= 11 is 1.61. The number of Topliss-reactive ketones (excluding diaryl/α,β-unsaturated/α-hetero) is 1. The van der Waals surface area contributed by atoms with Crippen LogP contribution in [0.15, 0.2) is 38.1 Å². The minimum absolute atomic E-state index is 0.0953. The number of dihydropyridines is 1. The molecule has 1 aromatic rings. The molecule has 0 saturated carbocycles. The van der Waals surface area contributed by atoms with Crippen molar-refractivity contribution in [2.45, 2.75) is 51.0 Å². The predicted octanol–water partition coefficient (Wildman–Crippen LogP) is 3.84. The van der Waals surface area contributed by atoms with E-state index >= 15 is 0 Å². The van der Waals surface area contributed by atoms with Crippen LogP contribution < -0.4 is 5.32 Å². The van der Waals surface area contributed by atoms with E-state index in [-0.39, 0.29) is 5.78 Å². The third kappa shape index (κ3) is 3.15. The van der Waals surface area contributed by atoms with Crippen molar-refractivity contribution in [3.8, 4) is 0 Å². The van der Waals surface area contributed by atoms with Crippen molar-refractivity contribution < 1.29 is 18.7 Å². The van der Waals surface area contributed by atoms with E-state index in [0.717, 1.165) is 46.4 Å². The van der Waals surface area contributed by atoms with Gasteiger partial charge < -0.3 is 14.5 Å². The number of carbonyl (C=O) groups excluding carboxylic acids is 2. The number of methoxy groups -OCH3 is 1. The average molecular weight is 361 g/mol. The number of hydrogen-bond donors (Lipinski definition) is 1. The summed E-state index contributed by atoms with van der Waals surface area (Å²) < 4.78 is 10.9. The van der Waals surface area contributed by atoms with Crippen LogP contribution in [0, 0.1) is 6.92 Å². The molecule has 2 aliphatic rings. The molecule has 0 bridgehead atoms. The molecular weight excluding hydrogens is 338 g/mol. The molecule has 1 N–H and O–H groups in total. The SMILES string of the molecule is CCSc1cc([C@@H]2C(C(=O)OC)=C(C)NC3=C2C(=O)CCC3)c(C)o1. The monoisotopic (exact) mass is 361 g/mol. The normalized spacial score (nSPS) is 20.5. The van der Waals surface area contributed by atoms with Gasteiger partial charge in [0.15, 0.2) is 10.9 Å². The highest BCUT2D eigenvalue weighted by Gasteiger charge is 2.40. The lowest BCUT2D eigenvalue weighted by Gasteiger charge is -2.33. The van der Waals surface area contributed by atoms with E-state index in [1.54, 1.807) is 11.8 Å². The zero-order chi connectivity index (χ0) is 18.1. The van der Waals surface area contributed by atoms with E-state index in [9.17, 15) is 9.59 Å². The van der Waals surface area contributed by atoms with Gasteiger partial charge in [0.2, 0.25) is 0 Å². The lowest BCUT2D eigenvalue weighted by molar-refractivity contribution is -0.136. The van der Waals surface area contributed by atoms with Crippen molar-refractivity contribution in [1.29, 1.82) is 0 Å². The Bertz CT molecular complexity index is 787. The van der Waals surface area contributed by atoms with Gasteiger partial charge in [0, 0.05) is 29.0 Å². The summed E-state index contributed by atoms with van der Waals surface area (Å²) in [6.07, 6.45) is 2.16. The Hall–Kier alpha value is -1.95. The van der Waals surface area contributed by atoms with Crippen LogP contribution >= 0.6 is 11.8 Å². The number of rotatable bonds is 4. The van der Waals surface area contributed by atoms with E-state index in [2.05, 4.69) is 12.2 Å². The van der Waals surface area contributed by atoms with Crippen LogP contribution in [-0.4, -0.2) is 24.6 Å². The van der Waals surface area contributed by atoms with E-state index in [4.69, 9.17) is 9.15 Å². The molecule has 1 aromatic heterocycles. The van der Waals surface area contributed by atoms with Gasteiger partial charge in [-0.3, -0.25) is 4.79 Å². The van der Waals surface area contributed by atoms with E-state index in [1.807, 2.05) is 19.9 Å². The number of hydrogen-bond acceptors (Lipinski definition) is 6. The topological polar surface area (TPSA) is 68.5 Å². The number of carbonyl (C=O) groups is 2. The molecule has 0 amide bonds. The van der Waals surface area contributed by atoms with Gasteiger partial charge in [-0.2, -0.15) is 0 Å². The Morgan fingerprint density at radius 3 is 2.84 bits per heavy atom. The van der Waals surface area contributed by atoms with Crippen LogP contribution in [0.2, 0.25) is 0 Å². The fraction of sp³-hybridized carbons (Fsp3) is 0.474. The number of nitrogens with one attached hydrogen (secondary N) is 1. The van der Waals surface area contributed by atoms with Crippen LogP contribution in [0.1, 0.15) is 50.4 Å². The first-order chi connectivity index (χ1) is 12.0. The number of allylic oxidation sites excluding steroid dienone is 3. The maximum Gasteiger partial charge on any atom is 0.336 e. The second-order valence-corrected chi connectivity index (χ2v) is 7.54. The van der Waals surface area contributed by atoms with Gasteiger partial charge >= 0.3 is 5.97 Å². The summed E-state index contributed by atoms with van der Waals surface area (Å²) in [6, 6.07) is 1.96. The number of thioether (sulfide) groups is 1. The molecule has 5 nitrogen and oxygen atoms in total. The molecule has 0 spiro atoms. The molecule has 25 heavy (non-hydrogen) atoms. The van der Waals surface area contributed by atoms with Crippen LogP contribution in [-0.2, 0) is 14.3 Å². The number of aryl methyl sites for hydroxylation is 1. The number of ketones is 1. The second kappa shape index (κ2) is 7.12. The lowest BCUT2D eigenvalue weighted by atomic mass is 9.75. The highest BCUT2D eigenvalue weighted by molar-refractivity contribution is 7.99. The van der Waals surface area contributed by atoms with Crippen molar-refractivity contribution in [3.63, 3.8) is 0 Å². The Kier molecular flexibility index (Phi) is 5.08. The molecule has 0 radical (unpaired) electrons. The summed E-state index contributed by atoms with van der Waals surface area (Å²) in [5.41, 5.74) is 3.73. The standard InChI is InChI=1S/C19H23NO4S/c1-5-25-15-9-12(11(3)24-15)17-16(19(22)23-4)10(2)20-13-7-6-8-14(21)18(13)17/h9,17,20H,5-8H2,1-4H3/t17-/m1/s1. The maximum absolute atomic E-state index is 12.7. The second-order valence-electron chi connectivity index (χ2n) is 6.27. The molecule has 1 aliphatic carbocycles. The van der Waals surface area contributed by atoms with Crippen molar-refractivity contribution >= 4 is 23.5 Å². The Morgan fingerprint density at radius 1 is 1.40 bits per heavy atom. The van der Waals surface area contributed by atoms with Gasteiger partial charge in [0.05, 0.1) is 18.6 Å². The minimum Gasteiger partial charge on any atom is -0.466 e. The fourth-order valence-corrected chi connectivity index (χ4v) is 4.32. The number of esters is 1. The third-order valence-electron chi connectivity index (χ3n) is 4.71. The molecule has 2 heterocycles.